The summed E-state index contributed by atoms with van der Waals surface area (Å²) in [7, 11) is 0. The summed E-state index contributed by atoms with van der Waals surface area (Å²) in [6.07, 6.45) is 4.60. The maximum Gasteiger partial charge on any atom is 0.241 e. The third kappa shape index (κ3) is 3.97. The van der Waals surface area contributed by atoms with Crippen LogP contribution in [0.5, 0.6) is 0 Å². The molecule has 0 spiro atoms. The Bertz CT molecular complexity index is 516. The molecular weight excluding hydrogens is 318 g/mol. The van der Waals surface area contributed by atoms with Crippen LogP contribution in [0.3, 0.4) is 0 Å². The number of nitrogens with one attached hydrogen (secondary N) is 1. The molecule has 1 aliphatic rings. The Balaban J connectivity index is 1.96. The fourth-order valence-corrected chi connectivity index (χ4v) is 2.72. The zero-order chi connectivity index (χ0) is 14.4. The predicted octanol–water partition coefficient (Wildman–Crippen LogP) is 3.14. The topological polar surface area (TPSA) is 56.1 Å². The van der Waals surface area contributed by atoms with E-state index < -0.39 is 0 Å². The molecule has 5 heteroatoms. The van der Waals surface area contributed by atoms with Crippen LogP contribution in [-0.4, -0.2) is 30.4 Å². The van der Waals surface area contributed by atoms with Crippen LogP contribution in [0.1, 0.15) is 31.2 Å². The lowest BCUT2D eigenvalue weighted by molar-refractivity contribution is -0.129. The maximum atomic E-state index is 12.2. The second kappa shape index (κ2) is 7.30. The van der Waals surface area contributed by atoms with Crippen molar-refractivity contribution in [1.29, 1.82) is 5.26 Å². The van der Waals surface area contributed by atoms with Crippen LogP contribution in [0.2, 0.25) is 0 Å². The molecule has 0 unspecified atom stereocenters. The molecule has 1 amide bonds. The van der Waals surface area contributed by atoms with E-state index in [4.69, 9.17) is 5.26 Å². The summed E-state index contributed by atoms with van der Waals surface area (Å²) in [5, 5.41) is 12.1. The lowest BCUT2D eigenvalue weighted by atomic mass is 10.2. The van der Waals surface area contributed by atoms with E-state index in [2.05, 4.69) is 27.3 Å². The predicted molar refractivity (Wildman–Crippen MR) is 82.4 cm³/mol. The van der Waals surface area contributed by atoms with Gasteiger partial charge in [-0.15, -0.1) is 0 Å². The lowest BCUT2D eigenvalue weighted by Gasteiger charge is -2.21. The third-order valence-electron chi connectivity index (χ3n) is 3.49. The van der Waals surface area contributed by atoms with Crippen molar-refractivity contribution in [2.75, 3.05) is 25.0 Å². The molecule has 1 aromatic carbocycles. The standard InChI is InChI=1S/C15H18BrN3O/c16-13-6-5-12(10-17)14(9-13)18-11-15(20)19-7-3-1-2-4-8-19/h5-6,9,18H,1-4,7-8,11H2. The number of amides is 1. The van der Waals surface area contributed by atoms with Crippen LogP contribution in [0.4, 0.5) is 5.69 Å². The zero-order valence-electron chi connectivity index (χ0n) is 11.4. The number of rotatable bonds is 3. The van der Waals surface area contributed by atoms with Crippen molar-refractivity contribution in [2.45, 2.75) is 25.7 Å². The summed E-state index contributed by atoms with van der Waals surface area (Å²) in [4.78, 5) is 14.1. The monoisotopic (exact) mass is 335 g/mol. The van der Waals surface area contributed by atoms with E-state index in [0.29, 0.717) is 11.3 Å². The van der Waals surface area contributed by atoms with Crippen LogP contribution >= 0.6 is 15.9 Å². The van der Waals surface area contributed by atoms with Crippen LogP contribution in [0, 0.1) is 11.3 Å². The molecule has 0 radical (unpaired) electrons. The molecule has 2 rings (SSSR count). The third-order valence-corrected chi connectivity index (χ3v) is 3.98. The van der Waals surface area contributed by atoms with E-state index in [-0.39, 0.29) is 12.5 Å². The molecule has 4 nitrogen and oxygen atoms in total. The van der Waals surface area contributed by atoms with E-state index >= 15 is 0 Å². The molecule has 0 aromatic heterocycles. The van der Waals surface area contributed by atoms with Gasteiger partial charge >= 0.3 is 0 Å². The van der Waals surface area contributed by atoms with Crippen molar-refractivity contribution in [1.82, 2.24) is 4.90 Å². The first-order chi connectivity index (χ1) is 9.70. The van der Waals surface area contributed by atoms with Gasteiger partial charge in [0.25, 0.3) is 0 Å². The van der Waals surface area contributed by atoms with Crippen molar-refractivity contribution < 1.29 is 4.79 Å². The van der Waals surface area contributed by atoms with Gasteiger partial charge in [-0.05, 0) is 31.0 Å². The zero-order valence-corrected chi connectivity index (χ0v) is 12.9. The van der Waals surface area contributed by atoms with Gasteiger partial charge in [0.1, 0.15) is 6.07 Å². The maximum absolute atomic E-state index is 12.2. The second-order valence-corrected chi connectivity index (χ2v) is 5.87. The molecule has 0 saturated carbocycles. The first-order valence-electron chi connectivity index (χ1n) is 6.92. The number of benzene rings is 1. The molecule has 0 aliphatic carbocycles. The number of nitrogens with zero attached hydrogens (tertiary/aromatic N) is 2. The number of anilines is 1. The minimum atomic E-state index is 0.107. The molecule has 106 valence electrons. The average Bonchev–Trinajstić information content (AvgIpc) is 2.74. The first kappa shape index (κ1) is 14.9. The molecule has 1 N–H and O–H groups in total. The van der Waals surface area contributed by atoms with Gasteiger partial charge in [0.2, 0.25) is 5.91 Å². The fourth-order valence-electron chi connectivity index (χ4n) is 2.36. The number of hydrogen-bond acceptors (Lipinski definition) is 3. The minimum absolute atomic E-state index is 0.107. The molecule has 1 aliphatic heterocycles. The van der Waals surface area contributed by atoms with Gasteiger partial charge in [0.05, 0.1) is 17.8 Å². The number of nitriles is 1. The average molecular weight is 336 g/mol. The Morgan fingerprint density at radius 2 is 2.00 bits per heavy atom. The largest absolute Gasteiger partial charge is 0.375 e. The Hall–Kier alpha value is -1.54. The van der Waals surface area contributed by atoms with Crippen molar-refractivity contribution in [3.63, 3.8) is 0 Å². The first-order valence-corrected chi connectivity index (χ1v) is 7.71. The highest BCUT2D eigenvalue weighted by molar-refractivity contribution is 9.10. The van der Waals surface area contributed by atoms with Crippen molar-refractivity contribution in [2.24, 2.45) is 0 Å². The summed E-state index contributed by atoms with van der Waals surface area (Å²) >= 11 is 3.37. The normalized spacial score (nSPS) is 15.3. The Morgan fingerprint density at radius 1 is 1.30 bits per heavy atom. The molecule has 1 saturated heterocycles. The minimum Gasteiger partial charge on any atom is -0.375 e. The molecule has 1 heterocycles. The fraction of sp³-hybridized carbons (Fsp3) is 0.467. The lowest BCUT2D eigenvalue weighted by Crippen LogP contribution is -2.36. The van der Waals surface area contributed by atoms with Crippen LogP contribution in [0.25, 0.3) is 0 Å². The number of carbonyl (C=O) groups excluding carboxylic acids is 1. The van der Waals surface area contributed by atoms with Gasteiger partial charge in [-0.25, -0.2) is 0 Å². The van der Waals surface area contributed by atoms with Crippen molar-refractivity contribution in [3.05, 3.63) is 28.2 Å². The highest BCUT2D eigenvalue weighted by Crippen LogP contribution is 2.20. The Labute approximate surface area is 127 Å². The van der Waals surface area contributed by atoms with Crippen LogP contribution in [0.15, 0.2) is 22.7 Å². The molecule has 1 aromatic rings. The molecule has 20 heavy (non-hydrogen) atoms. The van der Waals surface area contributed by atoms with Crippen molar-refractivity contribution >= 4 is 27.5 Å². The second-order valence-electron chi connectivity index (χ2n) is 4.95. The van der Waals surface area contributed by atoms with Gasteiger partial charge in [-0.2, -0.15) is 5.26 Å². The molecular formula is C15H18BrN3O. The summed E-state index contributed by atoms with van der Waals surface area (Å²) in [5.41, 5.74) is 1.25. The van der Waals surface area contributed by atoms with Crippen molar-refractivity contribution in [3.8, 4) is 6.07 Å². The number of hydrogen-bond donors (Lipinski definition) is 1. The Morgan fingerprint density at radius 3 is 2.65 bits per heavy atom. The number of likely N-dealkylation sites (tertiary alicyclic amines) is 1. The molecule has 0 bridgehead atoms. The van der Waals surface area contributed by atoms with Gasteiger partial charge in [-0.3, -0.25) is 4.79 Å². The van der Waals surface area contributed by atoms with E-state index in [1.54, 1.807) is 6.07 Å². The van der Waals surface area contributed by atoms with E-state index in [1.165, 1.54) is 12.8 Å². The number of halogens is 1. The summed E-state index contributed by atoms with van der Waals surface area (Å²) in [5.74, 6) is 0.107. The van der Waals surface area contributed by atoms with E-state index in [9.17, 15) is 4.79 Å². The Kier molecular flexibility index (Phi) is 5.42. The van der Waals surface area contributed by atoms with Gasteiger partial charge in [-0.1, -0.05) is 28.8 Å². The van der Waals surface area contributed by atoms with Gasteiger partial charge in [0.15, 0.2) is 0 Å². The van der Waals surface area contributed by atoms with Gasteiger partial charge < -0.3 is 10.2 Å². The molecule has 0 atom stereocenters. The van der Waals surface area contributed by atoms with Crippen LogP contribution < -0.4 is 5.32 Å². The quantitative estimate of drug-likeness (QED) is 0.923. The van der Waals surface area contributed by atoms with Crippen LogP contribution in [-0.2, 0) is 4.79 Å². The van der Waals surface area contributed by atoms with E-state index in [0.717, 1.165) is 30.4 Å². The van der Waals surface area contributed by atoms with E-state index in [1.807, 2.05) is 17.0 Å². The smallest absolute Gasteiger partial charge is 0.241 e. The molecule has 1 fully saturated rings. The summed E-state index contributed by atoms with van der Waals surface area (Å²) in [6, 6.07) is 7.51. The summed E-state index contributed by atoms with van der Waals surface area (Å²) in [6.45, 7) is 1.94. The SMILES string of the molecule is N#Cc1ccc(Br)cc1NCC(=O)N1CCCCCC1. The highest BCUT2D eigenvalue weighted by atomic mass is 79.9. The number of carbonyl (C=O) groups is 1. The summed E-state index contributed by atoms with van der Waals surface area (Å²) < 4.78 is 0.890. The van der Waals surface area contributed by atoms with Gasteiger partial charge in [0, 0.05) is 17.6 Å². The highest BCUT2D eigenvalue weighted by Gasteiger charge is 2.15.